The van der Waals surface area contributed by atoms with E-state index in [2.05, 4.69) is 15.3 Å². The van der Waals surface area contributed by atoms with E-state index in [1.54, 1.807) is 43.5 Å². The van der Waals surface area contributed by atoms with Crippen LogP contribution in [0.1, 0.15) is 12.8 Å². The summed E-state index contributed by atoms with van der Waals surface area (Å²) in [5.41, 5.74) is 13.3. The van der Waals surface area contributed by atoms with Gasteiger partial charge in [0.1, 0.15) is 17.4 Å². The van der Waals surface area contributed by atoms with Crippen LogP contribution in [0.5, 0.6) is 5.75 Å². The molecule has 2 aromatic carbocycles. The normalized spacial score (nSPS) is 15.9. The number of amides is 1. The molecule has 1 aliphatic heterocycles. The molecule has 9 heteroatoms. The molecule has 1 aliphatic rings. The number of halogens is 1. The van der Waals surface area contributed by atoms with Gasteiger partial charge in [0, 0.05) is 30.4 Å². The number of nitrogens with two attached hydrogens (primary N) is 2. The standard InChI is InChI=1S/C23H25FN6O2/c1-32-17-7-5-16(6-8-17)27-22(31)15-3-2-10-30(13-15)21-12-20(28-23(26)29-21)14-4-9-19(25)18(24)11-14/h4-9,11-12,15H,2-3,10,13,25H2,1H3,(H,27,31)(H2,26,28,29)/t15-/m0/s1. The third-order valence-corrected chi connectivity index (χ3v) is 5.50. The molecule has 2 heterocycles. The van der Waals surface area contributed by atoms with E-state index in [1.807, 2.05) is 4.90 Å². The summed E-state index contributed by atoms with van der Waals surface area (Å²) in [4.78, 5) is 23.4. The van der Waals surface area contributed by atoms with E-state index < -0.39 is 5.82 Å². The molecular weight excluding hydrogens is 411 g/mol. The number of methoxy groups -OCH3 is 1. The molecule has 3 aromatic rings. The van der Waals surface area contributed by atoms with E-state index in [4.69, 9.17) is 16.2 Å². The van der Waals surface area contributed by atoms with Crippen molar-refractivity contribution < 1.29 is 13.9 Å². The summed E-state index contributed by atoms with van der Waals surface area (Å²) in [6, 6.07) is 13.5. The van der Waals surface area contributed by atoms with Crippen molar-refractivity contribution in [1.82, 2.24) is 9.97 Å². The number of anilines is 4. The molecule has 5 N–H and O–H groups in total. The maximum atomic E-state index is 13.9. The molecule has 0 saturated carbocycles. The largest absolute Gasteiger partial charge is 0.497 e. The van der Waals surface area contributed by atoms with Crippen molar-refractivity contribution in [2.45, 2.75) is 12.8 Å². The van der Waals surface area contributed by atoms with E-state index in [-0.39, 0.29) is 23.5 Å². The molecule has 0 radical (unpaired) electrons. The second kappa shape index (κ2) is 9.09. The Morgan fingerprint density at radius 1 is 1.16 bits per heavy atom. The van der Waals surface area contributed by atoms with Crippen molar-refractivity contribution in [3.05, 3.63) is 54.3 Å². The van der Waals surface area contributed by atoms with Crippen LogP contribution in [0.2, 0.25) is 0 Å². The smallest absolute Gasteiger partial charge is 0.229 e. The second-order valence-corrected chi connectivity index (χ2v) is 7.71. The fraction of sp³-hybridized carbons (Fsp3) is 0.261. The highest BCUT2D eigenvalue weighted by atomic mass is 19.1. The van der Waals surface area contributed by atoms with Crippen LogP contribution in [0.4, 0.5) is 27.5 Å². The first-order valence-electron chi connectivity index (χ1n) is 10.3. The number of nitrogens with one attached hydrogen (secondary N) is 1. The van der Waals surface area contributed by atoms with Crippen molar-refractivity contribution in [2.75, 3.05) is 41.9 Å². The van der Waals surface area contributed by atoms with Crippen molar-refractivity contribution >= 4 is 29.0 Å². The van der Waals surface area contributed by atoms with Crippen LogP contribution in [0.25, 0.3) is 11.3 Å². The minimum Gasteiger partial charge on any atom is -0.497 e. The second-order valence-electron chi connectivity index (χ2n) is 7.71. The number of rotatable bonds is 5. The quantitative estimate of drug-likeness (QED) is 0.525. The van der Waals surface area contributed by atoms with Crippen molar-refractivity contribution in [3.63, 3.8) is 0 Å². The molecule has 0 bridgehead atoms. The first kappa shape index (κ1) is 21.4. The Labute approximate surface area is 185 Å². The predicted molar refractivity (Wildman–Crippen MR) is 123 cm³/mol. The van der Waals surface area contributed by atoms with Gasteiger partial charge in [-0.15, -0.1) is 0 Å². The van der Waals surface area contributed by atoms with Crippen LogP contribution < -0.4 is 26.4 Å². The first-order chi connectivity index (χ1) is 15.4. The number of nitrogen functional groups attached to an aromatic ring is 2. The number of aromatic nitrogens is 2. The van der Waals surface area contributed by atoms with Gasteiger partial charge in [-0.2, -0.15) is 4.98 Å². The summed E-state index contributed by atoms with van der Waals surface area (Å²) in [5, 5.41) is 2.96. The van der Waals surface area contributed by atoms with E-state index in [9.17, 15) is 9.18 Å². The Bertz CT molecular complexity index is 1120. The maximum absolute atomic E-state index is 13.9. The number of nitrogens with zero attached hydrogens (tertiary/aromatic N) is 3. The zero-order valence-corrected chi connectivity index (χ0v) is 17.7. The molecule has 0 unspecified atom stereocenters. The van der Waals surface area contributed by atoms with Gasteiger partial charge in [0.15, 0.2) is 0 Å². The number of hydrogen-bond donors (Lipinski definition) is 3. The zero-order chi connectivity index (χ0) is 22.7. The highest BCUT2D eigenvalue weighted by Crippen LogP contribution is 2.28. The fourth-order valence-electron chi connectivity index (χ4n) is 3.77. The molecule has 32 heavy (non-hydrogen) atoms. The lowest BCUT2D eigenvalue weighted by Crippen LogP contribution is -2.41. The lowest BCUT2D eigenvalue weighted by atomic mass is 9.97. The third-order valence-electron chi connectivity index (χ3n) is 5.50. The fourth-order valence-corrected chi connectivity index (χ4v) is 3.77. The lowest BCUT2D eigenvalue weighted by Gasteiger charge is -2.33. The number of benzene rings is 2. The average molecular weight is 436 g/mol. The molecule has 1 atom stereocenters. The number of ether oxygens (including phenoxy) is 1. The molecule has 0 aliphatic carbocycles. The lowest BCUT2D eigenvalue weighted by molar-refractivity contribution is -0.120. The van der Waals surface area contributed by atoms with E-state index in [1.165, 1.54) is 12.1 Å². The predicted octanol–water partition coefficient (Wildman–Crippen LogP) is 3.31. The van der Waals surface area contributed by atoms with Crippen molar-refractivity contribution in [2.24, 2.45) is 5.92 Å². The number of hydrogen-bond acceptors (Lipinski definition) is 7. The van der Waals surface area contributed by atoms with E-state index >= 15 is 0 Å². The summed E-state index contributed by atoms with van der Waals surface area (Å²) in [6.45, 7) is 1.23. The molecule has 8 nitrogen and oxygen atoms in total. The van der Waals surface area contributed by atoms with Crippen molar-refractivity contribution in [3.8, 4) is 17.0 Å². The monoisotopic (exact) mass is 436 g/mol. The molecule has 1 aromatic heterocycles. The van der Waals surface area contributed by atoms with Gasteiger partial charge >= 0.3 is 0 Å². The zero-order valence-electron chi connectivity index (χ0n) is 17.7. The molecule has 0 spiro atoms. The van der Waals surface area contributed by atoms with E-state index in [0.717, 1.165) is 25.1 Å². The molecular formula is C23H25FN6O2. The SMILES string of the molecule is COc1ccc(NC(=O)[C@H]2CCCN(c3cc(-c4ccc(N)c(F)c4)nc(N)n3)C2)cc1. The Morgan fingerprint density at radius 3 is 2.66 bits per heavy atom. The summed E-state index contributed by atoms with van der Waals surface area (Å²) in [6.07, 6.45) is 1.60. The number of carbonyl (C=O) groups is 1. The summed E-state index contributed by atoms with van der Waals surface area (Å²) < 4.78 is 19.1. The Kier molecular flexibility index (Phi) is 6.07. The van der Waals surface area contributed by atoms with Crippen LogP contribution >= 0.6 is 0 Å². The van der Waals surface area contributed by atoms with Gasteiger partial charge in [-0.05, 0) is 49.2 Å². The Morgan fingerprint density at radius 2 is 1.94 bits per heavy atom. The summed E-state index contributed by atoms with van der Waals surface area (Å²) in [5.74, 6) is 0.632. The highest BCUT2D eigenvalue weighted by Gasteiger charge is 2.27. The highest BCUT2D eigenvalue weighted by molar-refractivity contribution is 5.93. The first-order valence-corrected chi connectivity index (χ1v) is 10.3. The molecule has 166 valence electrons. The molecule has 1 fully saturated rings. The summed E-state index contributed by atoms with van der Waals surface area (Å²) >= 11 is 0. The van der Waals surface area contributed by atoms with Crippen LogP contribution in [0.3, 0.4) is 0 Å². The third kappa shape index (κ3) is 4.72. The van der Waals surface area contributed by atoms with Crippen LogP contribution in [-0.2, 0) is 4.79 Å². The van der Waals surface area contributed by atoms with Crippen LogP contribution in [0, 0.1) is 11.7 Å². The van der Waals surface area contributed by atoms with Crippen LogP contribution in [0.15, 0.2) is 48.5 Å². The Hall–Kier alpha value is -3.88. The van der Waals surface area contributed by atoms with Gasteiger partial charge in [0.25, 0.3) is 0 Å². The molecule has 1 amide bonds. The minimum atomic E-state index is -0.519. The van der Waals surface area contributed by atoms with Gasteiger partial charge < -0.3 is 26.4 Å². The van der Waals surface area contributed by atoms with Crippen molar-refractivity contribution in [1.29, 1.82) is 0 Å². The summed E-state index contributed by atoms with van der Waals surface area (Å²) in [7, 11) is 1.60. The van der Waals surface area contributed by atoms with Gasteiger partial charge in [-0.1, -0.05) is 6.07 Å². The van der Waals surface area contributed by atoms with Gasteiger partial charge in [0.05, 0.1) is 24.4 Å². The number of piperidine rings is 1. The van der Waals surface area contributed by atoms with Gasteiger partial charge in [-0.25, -0.2) is 9.37 Å². The van der Waals surface area contributed by atoms with Gasteiger partial charge in [0.2, 0.25) is 11.9 Å². The van der Waals surface area contributed by atoms with Crippen LogP contribution in [-0.4, -0.2) is 36.1 Å². The molecule has 1 saturated heterocycles. The van der Waals surface area contributed by atoms with Gasteiger partial charge in [-0.3, -0.25) is 4.79 Å². The minimum absolute atomic E-state index is 0.0530. The number of carbonyl (C=O) groups excluding carboxylic acids is 1. The van der Waals surface area contributed by atoms with E-state index in [0.29, 0.717) is 29.3 Å². The topological polar surface area (TPSA) is 119 Å². The average Bonchev–Trinajstić information content (AvgIpc) is 2.81. The Balaban J connectivity index is 1.50. The molecule has 4 rings (SSSR count). The maximum Gasteiger partial charge on any atom is 0.229 e.